The molecule has 17 heteroatoms. The largest absolute Gasteiger partial charge is 0.457 e. The molecule has 3 fully saturated rings. The van der Waals surface area contributed by atoms with Gasteiger partial charge in [0, 0.05) is 62.6 Å². The smallest absolute Gasteiger partial charge is 0.263 e. The van der Waals surface area contributed by atoms with Gasteiger partial charge in [0.25, 0.3) is 11.8 Å². The SMILES string of the molecule is Nc1ncnc2c1c(-c1ccc(Oc3ccccc3)cc1)nn2C1CCCN(C(=O)CCCN2CCN(CCCCCCCCCCSc3cccc4c3C(=O)N(C3CCC(=O)NC3=O)C4=O)CC2)C1. The number of thioether (sulfide) groups is 1. The standard InChI is InChI=1S/C53H64N10O6S/c54-49-47-48(37-21-23-40(24-22-37)69-39-16-8-7-9-17-39)58-63(50(47)56-36-55-49)38-15-13-29-61(35-38)45(65)20-14-28-60-32-30-59(31-33-60)27-10-5-3-1-2-4-6-11-34-70-43-19-12-18-41-46(43)53(68)62(52(41)67)42-25-26-44(64)57-51(42)66/h7-9,12,16-19,21-24,36,38,42H,1-6,10-11,13-15,20,25-35H2,(H2,54,55,56)(H,57,64,66). The Kier molecular flexibility index (Phi) is 16.2. The minimum atomic E-state index is -0.951. The van der Waals surface area contributed by atoms with Crippen molar-refractivity contribution in [3.8, 4) is 22.8 Å². The normalized spacial score (nSPS) is 19.0. The van der Waals surface area contributed by atoms with E-state index in [2.05, 4.69) is 25.1 Å². The van der Waals surface area contributed by atoms with Crippen molar-refractivity contribution in [3.05, 3.63) is 90.3 Å². The maximum Gasteiger partial charge on any atom is 0.263 e. The lowest BCUT2D eigenvalue weighted by Gasteiger charge is -2.35. The molecule has 3 aromatic carbocycles. The third-order valence-electron chi connectivity index (χ3n) is 14.1. The second-order valence-electron chi connectivity index (χ2n) is 18.9. The van der Waals surface area contributed by atoms with E-state index in [9.17, 15) is 24.0 Å². The molecule has 6 heterocycles. The van der Waals surface area contributed by atoms with Crippen LogP contribution in [-0.4, -0.2) is 133 Å². The summed E-state index contributed by atoms with van der Waals surface area (Å²) in [4.78, 5) is 82.0. The Morgan fingerprint density at radius 3 is 2.19 bits per heavy atom. The molecule has 0 aliphatic carbocycles. The maximum atomic E-state index is 13.6. The second kappa shape index (κ2) is 23.2. The topological polar surface area (TPSA) is 189 Å². The summed E-state index contributed by atoms with van der Waals surface area (Å²) in [5.41, 5.74) is 9.45. The number of benzene rings is 3. The summed E-state index contributed by atoms with van der Waals surface area (Å²) >= 11 is 1.59. The third kappa shape index (κ3) is 11.5. The molecule has 4 aliphatic heterocycles. The van der Waals surface area contributed by atoms with Gasteiger partial charge < -0.3 is 25.2 Å². The number of nitrogens with zero attached hydrogens (tertiary/aromatic N) is 8. The Hall–Kier alpha value is -6.17. The molecule has 9 rings (SSSR count). The predicted octanol–water partition coefficient (Wildman–Crippen LogP) is 7.74. The average Bonchev–Trinajstić information content (AvgIpc) is 3.89. The number of carbonyl (C=O) groups is 5. The number of carbonyl (C=O) groups excluding carboxylic acids is 5. The first kappa shape index (κ1) is 48.8. The van der Waals surface area contributed by atoms with Gasteiger partial charge in [0.2, 0.25) is 17.7 Å². The van der Waals surface area contributed by atoms with E-state index in [1.54, 1.807) is 23.9 Å². The van der Waals surface area contributed by atoms with Gasteiger partial charge in [-0.1, -0.05) is 62.8 Å². The molecule has 70 heavy (non-hydrogen) atoms. The number of nitrogens with one attached hydrogen (secondary N) is 1. The summed E-state index contributed by atoms with van der Waals surface area (Å²) < 4.78 is 7.97. The lowest BCUT2D eigenvalue weighted by molar-refractivity contribution is -0.136. The summed E-state index contributed by atoms with van der Waals surface area (Å²) in [6, 6.07) is 21.8. The van der Waals surface area contributed by atoms with Crippen molar-refractivity contribution < 1.29 is 28.7 Å². The first-order chi connectivity index (χ1) is 34.2. The van der Waals surface area contributed by atoms with Gasteiger partial charge >= 0.3 is 0 Å². The summed E-state index contributed by atoms with van der Waals surface area (Å²) in [6.45, 7) is 7.67. The van der Waals surface area contributed by atoms with Crippen molar-refractivity contribution >= 4 is 58.1 Å². The van der Waals surface area contributed by atoms with Crippen LogP contribution in [0.1, 0.15) is 117 Å². The number of amides is 5. The Balaban J connectivity index is 0.626. The molecule has 3 saturated heterocycles. The molecule has 5 amide bonds. The van der Waals surface area contributed by atoms with Crippen molar-refractivity contribution in [1.29, 1.82) is 0 Å². The number of imide groups is 2. The fourth-order valence-corrected chi connectivity index (χ4v) is 11.4. The highest BCUT2D eigenvalue weighted by Gasteiger charge is 2.45. The van der Waals surface area contributed by atoms with Gasteiger partial charge in [0.05, 0.1) is 22.6 Å². The second-order valence-corrected chi connectivity index (χ2v) is 20.1. The number of rotatable bonds is 21. The number of piperazine rings is 1. The minimum absolute atomic E-state index is 0.0169. The number of nitrogens with two attached hydrogens (primary N) is 1. The van der Waals surface area contributed by atoms with Crippen LogP contribution in [0.25, 0.3) is 22.3 Å². The molecule has 2 aromatic heterocycles. The van der Waals surface area contributed by atoms with Gasteiger partial charge in [-0.2, -0.15) is 5.10 Å². The zero-order valence-corrected chi connectivity index (χ0v) is 40.8. The molecule has 0 bridgehead atoms. The van der Waals surface area contributed by atoms with Crippen LogP contribution < -0.4 is 15.8 Å². The van der Waals surface area contributed by atoms with Crippen molar-refractivity contribution in [3.63, 3.8) is 0 Å². The quantitative estimate of drug-likeness (QED) is 0.0413. The predicted molar refractivity (Wildman–Crippen MR) is 269 cm³/mol. The fourth-order valence-electron chi connectivity index (χ4n) is 10.3. The first-order valence-electron chi connectivity index (χ1n) is 25.2. The molecule has 0 spiro atoms. The number of piperidine rings is 2. The van der Waals surface area contributed by atoms with Crippen LogP contribution >= 0.6 is 11.8 Å². The van der Waals surface area contributed by atoms with Crippen molar-refractivity contribution in [2.75, 3.05) is 63.8 Å². The number of likely N-dealkylation sites (tertiary alicyclic amines) is 1. The molecule has 0 saturated carbocycles. The zero-order valence-electron chi connectivity index (χ0n) is 39.9. The number of anilines is 1. The molecule has 4 aliphatic rings. The van der Waals surface area contributed by atoms with Crippen LogP contribution in [-0.2, 0) is 14.4 Å². The van der Waals surface area contributed by atoms with E-state index in [0.717, 1.165) is 122 Å². The molecule has 2 atom stereocenters. The van der Waals surface area contributed by atoms with E-state index in [0.29, 0.717) is 35.6 Å². The van der Waals surface area contributed by atoms with Gasteiger partial charge in [0.1, 0.15) is 35.4 Å². The summed E-state index contributed by atoms with van der Waals surface area (Å²) in [5.74, 6) is 1.05. The number of ether oxygens (including phenoxy) is 1. The van der Waals surface area contributed by atoms with Crippen LogP contribution in [0, 0.1) is 0 Å². The Bertz CT molecular complexity index is 2650. The number of aromatic nitrogens is 4. The summed E-state index contributed by atoms with van der Waals surface area (Å²) in [5, 5.41) is 8.05. The highest BCUT2D eigenvalue weighted by atomic mass is 32.2. The molecular formula is C53H64N10O6S. The van der Waals surface area contributed by atoms with Crippen LogP contribution in [0.4, 0.5) is 5.82 Å². The van der Waals surface area contributed by atoms with Crippen LogP contribution in [0.15, 0.2) is 84.0 Å². The Labute approximate surface area is 413 Å². The molecule has 2 unspecified atom stereocenters. The highest BCUT2D eigenvalue weighted by Crippen LogP contribution is 2.37. The van der Waals surface area contributed by atoms with Gasteiger partial charge in [0.15, 0.2) is 5.65 Å². The van der Waals surface area contributed by atoms with Gasteiger partial charge in [-0.25, -0.2) is 14.6 Å². The number of hydrogen-bond acceptors (Lipinski definition) is 13. The molecular weight excluding hydrogens is 905 g/mol. The molecule has 5 aromatic rings. The van der Waals surface area contributed by atoms with Crippen molar-refractivity contribution in [2.24, 2.45) is 0 Å². The van der Waals surface area contributed by atoms with Crippen LogP contribution in [0.5, 0.6) is 11.5 Å². The molecule has 0 radical (unpaired) electrons. The molecule has 3 N–H and O–H groups in total. The zero-order chi connectivity index (χ0) is 48.4. The van der Waals surface area contributed by atoms with Crippen LogP contribution in [0.3, 0.4) is 0 Å². The van der Waals surface area contributed by atoms with Crippen molar-refractivity contribution in [2.45, 2.75) is 107 Å². The number of unbranched alkanes of at least 4 members (excludes halogenated alkanes) is 7. The average molecular weight is 969 g/mol. The van der Waals surface area contributed by atoms with Gasteiger partial charge in [-0.15, -0.1) is 11.8 Å². The van der Waals surface area contributed by atoms with E-state index in [-0.39, 0.29) is 30.7 Å². The number of nitrogen functional groups attached to an aromatic ring is 1. The summed E-state index contributed by atoms with van der Waals surface area (Å²) in [7, 11) is 0. The van der Waals surface area contributed by atoms with E-state index in [1.807, 2.05) is 70.2 Å². The highest BCUT2D eigenvalue weighted by molar-refractivity contribution is 7.99. The van der Waals surface area contributed by atoms with Gasteiger partial charge in [-0.05, 0) is 106 Å². The van der Waals surface area contributed by atoms with Crippen LogP contribution in [0.2, 0.25) is 0 Å². The maximum absolute atomic E-state index is 13.6. The van der Waals surface area contributed by atoms with Crippen molar-refractivity contribution in [1.82, 2.24) is 44.7 Å². The number of hydrogen-bond donors (Lipinski definition) is 2. The number of para-hydroxylation sites is 1. The number of fused-ring (bicyclic) bond motifs is 2. The lowest BCUT2D eigenvalue weighted by atomic mass is 10.0. The monoisotopic (exact) mass is 968 g/mol. The lowest BCUT2D eigenvalue weighted by Crippen LogP contribution is -2.54. The Morgan fingerprint density at radius 2 is 1.44 bits per heavy atom. The van der Waals surface area contributed by atoms with E-state index in [1.165, 1.54) is 44.9 Å². The third-order valence-corrected chi connectivity index (χ3v) is 15.2. The first-order valence-corrected chi connectivity index (χ1v) is 26.2. The van der Waals surface area contributed by atoms with E-state index < -0.39 is 23.8 Å². The van der Waals surface area contributed by atoms with E-state index >= 15 is 0 Å². The summed E-state index contributed by atoms with van der Waals surface area (Å²) in [6.07, 6.45) is 14.4. The van der Waals surface area contributed by atoms with Gasteiger partial charge in [-0.3, -0.25) is 34.2 Å². The molecule has 16 nitrogen and oxygen atoms in total. The molecule has 368 valence electrons. The van der Waals surface area contributed by atoms with E-state index in [4.69, 9.17) is 15.6 Å². The Morgan fingerprint density at radius 1 is 0.743 bits per heavy atom. The minimum Gasteiger partial charge on any atom is -0.457 e. The fraction of sp³-hybridized carbons (Fsp3) is 0.472.